The molecule has 4 aromatic carbocycles. The summed E-state index contributed by atoms with van der Waals surface area (Å²) in [5.74, 6) is -1.52. The molecule has 66 heavy (non-hydrogen) atoms. The van der Waals surface area contributed by atoms with Crippen LogP contribution in [0.5, 0.6) is 11.8 Å². The largest absolute Gasteiger partial charge is 0.493 e. The van der Waals surface area contributed by atoms with Crippen LogP contribution in [0.4, 0.5) is 28.4 Å². The number of anilines is 1. The van der Waals surface area contributed by atoms with E-state index in [9.17, 15) is 46.6 Å². The minimum atomic E-state index is -4.49. The average Bonchev–Trinajstić information content (AvgIpc) is 3.30. The second-order valence-corrected chi connectivity index (χ2v) is 18.1. The molecule has 0 radical (unpaired) electrons. The predicted octanol–water partition coefficient (Wildman–Crippen LogP) is 5.65. The fourth-order valence-corrected chi connectivity index (χ4v) is 9.31. The molecule has 4 N–H and O–H groups in total. The van der Waals surface area contributed by atoms with Crippen LogP contribution < -0.4 is 31.5 Å². The number of rotatable bonds is 17. The fourth-order valence-electron chi connectivity index (χ4n) is 7.06. The van der Waals surface area contributed by atoms with E-state index in [1.807, 2.05) is 60.7 Å². The molecular formula is C44H48N10O10S2. The molecule has 0 amide bonds. The number of aromatic nitrogens is 4. The Morgan fingerprint density at radius 3 is 1.58 bits per heavy atom. The maximum atomic E-state index is 14.6. The maximum Gasteiger partial charge on any atom is 0.333 e. The highest BCUT2D eigenvalue weighted by Crippen LogP contribution is 2.41. The van der Waals surface area contributed by atoms with Crippen LogP contribution in [-0.4, -0.2) is 57.7 Å². The second kappa shape index (κ2) is 20.4. The lowest BCUT2D eigenvalue weighted by molar-refractivity contribution is 0.413. The lowest BCUT2D eigenvalue weighted by Gasteiger charge is -2.30. The van der Waals surface area contributed by atoms with Crippen LogP contribution in [0.2, 0.25) is 0 Å². The van der Waals surface area contributed by atoms with Gasteiger partial charge < -0.3 is 10.2 Å². The third-order valence-corrected chi connectivity index (χ3v) is 13.4. The zero-order valence-corrected chi connectivity index (χ0v) is 38.4. The summed E-state index contributed by atoms with van der Waals surface area (Å²) >= 11 is -2.74. The molecule has 3 atom stereocenters. The summed E-state index contributed by atoms with van der Waals surface area (Å²) < 4.78 is 60.7. The van der Waals surface area contributed by atoms with Crippen molar-refractivity contribution >= 4 is 49.7 Å². The Morgan fingerprint density at radius 1 is 0.636 bits per heavy atom. The van der Waals surface area contributed by atoms with Crippen LogP contribution in [0.25, 0.3) is 11.1 Å². The smallest absolute Gasteiger partial charge is 0.333 e. The van der Waals surface area contributed by atoms with Crippen LogP contribution in [0.3, 0.4) is 0 Å². The maximum absolute atomic E-state index is 14.6. The van der Waals surface area contributed by atoms with E-state index < -0.39 is 79.0 Å². The van der Waals surface area contributed by atoms with Gasteiger partial charge in [-0.2, -0.15) is 10.2 Å². The van der Waals surface area contributed by atoms with Crippen molar-refractivity contribution in [2.45, 2.75) is 56.5 Å². The first kappa shape index (κ1) is 48.3. The number of aryl methyl sites for hydroxylation is 2. The number of nitrogens with one attached hydrogen (secondary N) is 1. The zero-order valence-electron chi connectivity index (χ0n) is 36.8. The molecule has 0 saturated carbocycles. The summed E-state index contributed by atoms with van der Waals surface area (Å²) in [6, 6.07) is 25.9. The summed E-state index contributed by atoms with van der Waals surface area (Å²) in [4.78, 5) is 50.3. The van der Waals surface area contributed by atoms with Crippen molar-refractivity contribution in [1.82, 2.24) is 23.0 Å². The zero-order chi connectivity index (χ0) is 48.0. The molecule has 0 aliphatic carbocycles. The summed E-state index contributed by atoms with van der Waals surface area (Å²) in [7, 11) is 0.367. The number of azo groups is 2. The fraction of sp³-hybridized carbons (Fsp3) is 0.273. The molecule has 0 aliphatic rings. The van der Waals surface area contributed by atoms with Crippen molar-refractivity contribution in [1.29, 1.82) is 0 Å². The van der Waals surface area contributed by atoms with Gasteiger partial charge in [-0.25, -0.2) is 26.9 Å². The number of aromatic hydroxyl groups is 2. The highest BCUT2D eigenvalue weighted by atomic mass is 32.2. The molecule has 2 aromatic heterocycles. The monoisotopic (exact) mass is 940 g/mol. The Labute approximate surface area is 381 Å². The Balaban J connectivity index is 1.53. The van der Waals surface area contributed by atoms with Crippen LogP contribution in [0.1, 0.15) is 37.8 Å². The highest BCUT2D eigenvalue weighted by molar-refractivity contribution is 7.89. The number of hydrogen-bond donors (Lipinski definition) is 4. The van der Waals surface area contributed by atoms with E-state index in [1.165, 1.54) is 68.9 Å². The Morgan fingerprint density at radius 2 is 1.09 bits per heavy atom. The molecule has 6 rings (SSSR count). The number of nitrogens with zero attached hydrogens (tertiary/aromatic N) is 9. The highest BCUT2D eigenvalue weighted by Gasteiger charge is 2.29. The van der Waals surface area contributed by atoms with Gasteiger partial charge >= 0.3 is 11.4 Å². The van der Waals surface area contributed by atoms with E-state index >= 15 is 0 Å². The summed E-state index contributed by atoms with van der Waals surface area (Å²) in [5.41, 5.74) is -2.58. The van der Waals surface area contributed by atoms with Gasteiger partial charge in [0.1, 0.15) is 0 Å². The molecule has 346 valence electrons. The molecule has 6 aromatic rings. The van der Waals surface area contributed by atoms with E-state index in [4.69, 9.17) is 0 Å². The van der Waals surface area contributed by atoms with Gasteiger partial charge in [0.25, 0.3) is 22.4 Å². The van der Waals surface area contributed by atoms with E-state index in [0.717, 1.165) is 29.4 Å². The second-order valence-electron chi connectivity index (χ2n) is 15.5. The Kier molecular flexibility index (Phi) is 14.9. The number of sulfonamides is 1. The number of hydrogen-bond acceptors (Lipinski definition) is 13. The average molecular weight is 941 g/mol. The lowest BCUT2D eigenvalue weighted by atomic mass is 10.0. The first-order valence-electron chi connectivity index (χ1n) is 20.4. The predicted molar refractivity (Wildman–Crippen MR) is 249 cm³/mol. The van der Waals surface area contributed by atoms with Gasteiger partial charge in [0.15, 0.2) is 0 Å². The van der Waals surface area contributed by atoms with Gasteiger partial charge in [-0.3, -0.25) is 36.7 Å². The molecule has 22 heteroatoms. The van der Waals surface area contributed by atoms with Crippen LogP contribution >= 0.6 is 0 Å². The molecule has 0 spiro atoms. The van der Waals surface area contributed by atoms with Crippen LogP contribution in [0, 0.1) is 0 Å². The van der Waals surface area contributed by atoms with Gasteiger partial charge in [0.2, 0.25) is 33.2 Å². The third-order valence-electron chi connectivity index (χ3n) is 10.8. The molecule has 3 unspecified atom stereocenters. The third kappa shape index (κ3) is 10.5. The summed E-state index contributed by atoms with van der Waals surface area (Å²) in [5, 5.41) is 37.4. The SMILES string of the molecule is CC(CCc1ccccc1)NS(=O)(=O)c1cc(N=Nc2c(O)n(C)c(=O)n(C)c2=O)ccc1-c1ccc(N=Nc2c(O)n(C)c(=O)n(C)c2=O)cc1N(C(C)CCc1ccccc1)S(=O)O. The van der Waals surface area contributed by atoms with E-state index in [1.54, 1.807) is 13.8 Å². The van der Waals surface area contributed by atoms with Crippen molar-refractivity contribution in [3.8, 4) is 22.9 Å². The van der Waals surface area contributed by atoms with Crippen molar-refractivity contribution in [3.05, 3.63) is 150 Å². The number of benzene rings is 4. The first-order chi connectivity index (χ1) is 31.3. The van der Waals surface area contributed by atoms with Gasteiger partial charge in [-0.1, -0.05) is 72.8 Å². The van der Waals surface area contributed by atoms with Gasteiger partial charge in [-0.15, -0.1) is 10.2 Å². The minimum absolute atomic E-state index is 0.0101. The van der Waals surface area contributed by atoms with Gasteiger partial charge in [0, 0.05) is 51.4 Å². The Bertz CT molecular complexity index is 3220. The standard InChI is InChI=1S/C44H48N10O10S2/c1-27(17-19-29-13-9-7-10-14-29)49-66(63,64)36-26-32(46-48-38-41(57)52(5)44(60)53(6)42(38)58)22-24-34(36)33-23-21-31(45-47-37-39(55)50(3)43(59)51(4)40(37)56)25-35(33)54(65(61)62)28(2)18-20-30-15-11-8-12-16-30/h7-16,21-28,49,55,57H,17-20H2,1-6H3,(H,61,62). The van der Waals surface area contributed by atoms with Crippen molar-refractivity contribution in [2.75, 3.05) is 4.31 Å². The minimum Gasteiger partial charge on any atom is -0.493 e. The summed E-state index contributed by atoms with van der Waals surface area (Å²) in [6.45, 7) is 3.42. The Hall–Kier alpha value is -7.14. The molecule has 0 fully saturated rings. The van der Waals surface area contributed by atoms with E-state index in [-0.39, 0.29) is 33.1 Å². The van der Waals surface area contributed by atoms with Crippen molar-refractivity contribution in [3.63, 3.8) is 0 Å². The van der Waals surface area contributed by atoms with Crippen molar-refractivity contribution < 1.29 is 27.4 Å². The summed E-state index contributed by atoms with van der Waals surface area (Å²) in [6.07, 6.45) is 1.80. The van der Waals surface area contributed by atoms with Crippen molar-refractivity contribution in [2.24, 2.45) is 48.6 Å². The van der Waals surface area contributed by atoms with Gasteiger partial charge in [-0.05, 0) is 74.9 Å². The molecule has 0 aliphatic heterocycles. The molecule has 0 saturated heterocycles. The first-order valence-corrected chi connectivity index (χ1v) is 23.0. The topological polar surface area (TPSA) is 265 Å². The molecular weight excluding hydrogens is 893 g/mol. The molecule has 2 heterocycles. The van der Waals surface area contributed by atoms with Crippen LogP contribution in [0.15, 0.2) is 142 Å². The van der Waals surface area contributed by atoms with Gasteiger partial charge in [0.05, 0.1) is 22.0 Å². The quantitative estimate of drug-likeness (QED) is 0.0644. The lowest BCUT2D eigenvalue weighted by Crippen LogP contribution is -2.36. The van der Waals surface area contributed by atoms with E-state index in [0.29, 0.717) is 25.7 Å². The van der Waals surface area contributed by atoms with E-state index in [2.05, 4.69) is 25.2 Å². The van der Waals surface area contributed by atoms with Crippen LogP contribution in [-0.2, 0) is 62.3 Å². The molecule has 20 nitrogen and oxygen atoms in total. The normalized spacial score (nSPS) is 13.3. The molecule has 0 bridgehead atoms.